The third kappa shape index (κ3) is 1.84. The standard InChI is InChI=1S/C7H3ClF2N2O/c8-3-1-5(13)4(2-11)12-6(3)7(9)10/h1,7,13H. The van der Waals surface area contributed by atoms with Crippen molar-refractivity contribution in [3.63, 3.8) is 0 Å². The highest BCUT2D eigenvalue weighted by atomic mass is 35.5. The average Bonchev–Trinajstić information content (AvgIpc) is 2.03. The van der Waals surface area contributed by atoms with Gasteiger partial charge in [-0.15, -0.1) is 0 Å². The van der Waals surface area contributed by atoms with E-state index in [1.807, 2.05) is 0 Å². The maximum absolute atomic E-state index is 12.1. The van der Waals surface area contributed by atoms with Crippen LogP contribution in [0.1, 0.15) is 17.8 Å². The maximum atomic E-state index is 12.1. The molecule has 68 valence electrons. The minimum absolute atomic E-state index is 0.355. The molecular weight excluding hydrogens is 202 g/mol. The highest BCUT2D eigenvalue weighted by Crippen LogP contribution is 2.29. The molecule has 0 unspecified atom stereocenters. The Morgan fingerprint density at radius 1 is 1.62 bits per heavy atom. The van der Waals surface area contributed by atoms with Gasteiger partial charge in [0.25, 0.3) is 6.43 Å². The van der Waals surface area contributed by atoms with Crippen molar-refractivity contribution in [1.29, 1.82) is 5.26 Å². The average molecular weight is 205 g/mol. The number of pyridine rings is 1. The van der Waals surface area contributed by atoms with Gasteiger partial charge in [0.05, 0.1) is 5.02 Å². The molecule has 1 aromatic rings. The van der Waals surface area contributed by atoms with E-state index in [1.54, 1.807) is 0 Å². The Kier molecular flexibility index (Phi) is 2.63. The maximum Gasteiger partial charge on any atom is 0.281 e. The van der Waals surface area contributed by atoms with E-state index in [-0.39, 0.29) is 5.02 Å². The van der Waals surface area contributed by atoms with Crippen molar-refractivity contribution in [3.8, 4) is 11.8 Å². The van der Waals surface area contributed by atoms with Crippen LogP contribution < -0.4 is 0 Å². The molecule has 0 spiro atoms. The normalized spacial score (nSPS) is 10.1. The molecule has 13 heavy (non-hydrogen) atoms. The van der Waals surface area contributed by atoms with Crippen LogP contribution in [0.15, 0.2) is 6.07 Å². The van der Waals surface area contributed by atoms with Crippen molar-refractivity contribution in [3.05, 3.63) is 22.5 Å². The number of hydrogen-bond acceptors (Lipinski definition) is 3. The van der Waals surface area contributed by atoms with Gasteiger partial charge in [0.1, 0.15) is 11.8 Å². The molecule has 6 heteroatoms. The van der Waals surface area contributed by atoms with Gasteiger partial charge >= 0.3 is 0 Å². The molecule has 3 nitrogen and oxygen atoms in total. The summed E-state index contributed by atoms with van der Waals surface area (Å²) in [5.74, 6) is -0.503. The Hall–Kier alpha value is -1.41. The predicted molar refractivity (Wildman–Crippen MR) is 40.6 cm³/mol. The van der Waals surface area contributed by atoms with E-state index in [4.69, 9.17) is 22.0 Å². The van der Waals surface area contributed by atoms with Gasteiger partial charge in [-0.25, -0.2) is 13.8 Å². The second kappa shape index (κ2) is 3.54. The highest BCUT2D eigenvalue weighted by Gasteiger charge is 2.17. The summed E-state index contributed by atoms with van der Waals surface area (Å²) < 4.78 is 24.3. The van der Waals surface area contributed by atoms with Crippen molar-refractivity contribution in [2.75, 3.05) is 0 Å². The summed E-state index contributed by atoms with van der Waals surface area (Å²) in [6, 6.07) is 2.33. The zero-order chi connectivity index (χ0) is 10.0. The van der Waals surface area contributed by atoms with Crippen LogP contribution >= 0.6 is 11.6 Å². The second-order valence-corrected chi connectivity index (χ2v) is 2.54. The van der Waals surface area contributed by atoms with E-state index < -0.39 is 23.6 Å². The van der Waals surface area contributed by atoms with E-state index >= 15 is 0 Å². The fraction of sp³-hybridized carbons (Fsp3) is 0.143. The molecule has 0 saturated carbocycles. The highest BCUT2D eigenvalue weighted by molar-refractivity contribution is 6.31. The Bertz CT molecular complexity index is 375. The molecule has 0 saturated heterocycles. The Labute approximate surface area is 77.2 Å². The number of aromatic hydroxyl groups is 1. The van der Waals surface area contributed by atoms with Gasteiger partial charge in [-0.3, -0.25) is 0 Å². The number of halogens is 3. The first-order valence-corrected chi connectivity index (χ1v) is 3.51. The van der Waals surface area contributed by atoms with E-state index in [0.717, 1.165) is 6.07 Å². The molecule has 0 amide bonds. The largest absolute Gasteiger partial charge is 0.505 e. The van der Waals surface area contributed by atoms with Crippen LogP contribution in [-0.4, -0.2) is 10.1 Å². The van der Waals surface area contributed by atoms with Crippen LogP contribution in [0, 0.1) is 11.3 Å². The van der Waals surface area contributed by atoms with Gasteiger partial charge in [0, 0.05) is 6.07 Å². The molecular formula is C7H3ClF2N2O. The lowest BCUT2D eigenvalue weighted by atomic mass is 10.3. The van der Waals surface area contributed by atoms with E-state index in [0.29, 0.717) is 0 Å². The molecule has 0 bridgehead atoms. The third-order valence-electron chi connectivity index (χ3n) is 1.30. The summed E-state index contributed by atoms with van der Waals surface area (Å²) in [6.07, 6.45) is -2.86. The lowest BCUT2D eigenvalue weighted by Crippen LogP contribution is -1.94. The van der Waals surface area contributed by atoms with Crippen LogP contribution in [0.2, 0.25) is 5.02 Å². The molecule has 0 aliphatic carbocycles. The van der Waals surface area contributed by atoms with Crippen LogP contribution in [0.25, 0.3) is 0 Å². The summed E-state index contributed by atoms with van der Waals surface area (Å²) in [6.45, 7) is 0. The van der Waals surface area contributed by atoms with Crippen LogP contribution in [0.4, 0.5) is 8.78 Å². The number of nitrogens with zero attached hydrogens (tertiary/aromatic N) is 2. The minimum atomic E-state index is -2.86. The number of rotatable bonds is 1. The zero-order valence-electron chi connectivity index (χ0n) is 6.13. The van der Waals surface area contributed by atoms with E-state index in [1.165, 1.54) is 6.07 Å². The molecule has 0 radical (unpaired) electrons. The van der Waals surface area contributed by atoms with Crippen molar-refractivity contribution in [2.45, 2.75) is 6.43 Å². The summed E-state index contributed by atoms with van der Waals surface area (Å²) in [4.78, 5) is 3.20. The van der Waals surface area contributed by atoms with Gasteiger partial charge in [-0.05, 0) is 0 Å². The Morgan fingerprint density at radius 3 is 2.69 bits per heavy atom. The number of aromatic nitrogens is 1. The monoisotopic (exact) mass is 204 g/mol. The number of alkyl halides is 2. The SMILES string of the molecule is N#Cc1nc(C(F)F)c(Cl)cc1O. The van der Waals surface area contributed by atoms with Gasteiger partial charge in [0.15, 0.2) is 11.4 Å². The third-order valence-corrected chi connectivity index (χ3v) is 1.60. The first kappa shape index (κ1) is 9.68. The molecule has 1 heterocycles. The molecule has 1 aromatic heterocycles. The molecule has 0 fully saturated rings. The fourth-order valence-electron chi connectivity index (χ4n) is 0.729. The van der Waals surface area contributed by atoms with Crippen LogP contribution in [0.5, 0.6) is 5.75 Å². The molecule has 1 N–H and O–H groups in total. The fourth-order valence-corrected chi connectivity index (χ4v) is 0.957. The van der Waals surface area contributed by atoms with Gasteiger partial charge in [0.2, 0.25) is 0 Å². The summed E-state index contributed by atoms with van der Waals surface area (Å²) in [5, 5.41) is 17.0. The zero-order valence-corrected chi connectivity index (χ0v) is 6.89. The summed E-state index contributed by atoms with van der Waals surface area (Å²) in [7, 11) is 0. The smallest absolute Gasteiger partial charge is 0.281 e. The second-order valence-electron chi connectivity index (χ2n) is 2.14. The minimum Gasteiger partial charge on any atom is -0.505 e. The first-order chi connectivity index (χ1) is 6.06. The lowest BCUT2D eigenvalue weighted by molar-refractivity contribution is 0.146. The van der Waals surface area contributed by atoms with Crippen molar-refractivity contribution in [2.24, 2.45) is 0 Å². The van der Waals surface area contributed by atoms with Gasteiger partial charge < -0.3 is 5.11 Å². The van der Waals surface area contributed by atoms with Gasteiger partial charge in [-0.1, -0.05) is 11.6 Å². The van der Waals surface area contributed by atoms with Crippen molar-refractivity contribution in [1.82, 2.24) is 4.98 Å². The van der Waals surface area contributed by atoms with E-state index in [9.17, 15) is 8.78 Å². The van der Waals surface area contributed by atoms with Crippen LogP contribution in [0.3, 0.4) is 0 Å². The Balaban J connectivity index is 3.33. The topological polar surface area (TPSA) is 56.9 Å². The van der Waals surface area contributed by atoms with E-state index in [2.05, 4.69) is 4.98 Å². The molecule has 1 rings (SSSR count). The Morgan fingerprint density at radius 2 is 2.23 bits per heavy atom. The number of hydrogen-bond donors (Lipinski definition) is 1. The first-order valence-electron chi connectivity index (χ1n) is 3.14. The van der Waals surface area contributed by atoms with Crippen molar-refractivity contribution >= 4 is 11.6 Å². The van der Waals surface area contributed by atoms with Crippen molar-refractivity contribution < 1.29 is 13.9 Å². The van der Waals surface area contributed by atoms with Gasteiger partial charge in [-0.2, -0.15) is 5.26 Å². The summed E-state index contributed by atoms with van der Waals surface area (Å²) >= 11 is 5.34. The summed E-state index contributed by atoms with van der Waals surface area (Å²) in [5.41, 5.74) is -1.16. The van der Waals surface area contributed by atoms with Crippen LogP contribution in [-0.2, 0) is 0 Å². The molecule has 0 aliphatic heterocycles. The lowest BCUT2D eigenvalue weighted by Gasteiger charge is -2.03. The molecule has 0 aliphatic rings. The molecule has 0 atom stereocenters. The number of nitriles is 1. The molecule has 0 aromatic carbocycles. The quantitative estimate of drug-likeness (QED) is 0.763. The predicted octanol–water partition coefficient (Wildman–Crippen LogP) is 2.25.